The Balaban J connectivity index is 1.43. The Bertz CT molecular complexity index is 982. The van der Waals surface area contributed by atoms with Crippen LogP contribution < -0.4 is 4.74 Å². The van der Waals surface area contributed by atoms with Crippen molar-refractivity contribution in [2.24, 2.45) is 5.92 Å². The number of aryl methyl sites for hydroxylation is 3. The molecule has 2 aliphatic heterocycles. The molecule has 0 saturated carbocycles. The highest BCUT2D eigenvalue weighted by Gasteiger charge is 2.31. The van der Waals surface area contributed by atoms with Crippen LogP contribution >= 0.6 is 0 Å². The van der Waals surface area contributed by atoms with Gasteiger partial charge in [-0.25, -0.2) is 4.98 Å². The molecule has 1 saturated heterocycles. The highest BCUT2D eigenvalue weighted by Crippen LogP contribution is 2.33. The minimum absolute atomic E-state index is 0.0399. The van der Waals surface area contributed by atoms with Crippen molar-refractivity contribution >= 4 is 11.9 Å². The molecule has 32 heavy (non-hydrogen) atoms. The van der Waals surface area contributed by atoms with Crippen LogP contribution in [0.1, 0.15) is 65.1 Å². The van der Waals surface area contributed by atoms with Crippen LogP contribution in [0.3, 0.4) is 0 Å². The fourth-order valence-electron chi connectivity index (χ4n) is 5.10. The lowest BCUT2D eigenvalue weighted by molar-refractivity contribution is -0.149. The highest BCUT2D eigenvalue weighted by atomic mass is 16.5. The molecule has 7 heteroatoms. The number of hydrogen-bond acceptors (Lipinski definition) is 5. The van der Waals surface area contributed by atoms with E-state index in [0.29, 0.717) is 44.1 Å². The summed E-state index contributed by atoms with van der Waals surface area (Å²) < 4.78 is 12.8. The Morgan fingerprint density at radius 1 is 1.12 bits per heavy atom. The first-order valence-corrected chi connectivity index (χ1v) is 11.6. The lowest BCUT2D eigenvalue weighted by Gasteiger charge is -2.30. The maximum Gasteiger partial charge on any atom is 0.309 e. The number of hydrogen-bond donors (Lipinski definition) is 0. The Morgan fingerprint density at radius 3 is 2.44 bits per heavy atom. The van der Waals surface area contributed by atoms with E-state index in [1.54, 1.807) is 7.11 Å². The van der Waals surface area contributed by atoms with Crippen LogP contribution in [0.5, 0.6) is 5.75 Å². The number of methoxy groups -OCH3 is 1. The predicted molar refractivity (Wildman–Crippen MR) is 121 cm³/mol. The molecule has 0 aliphatic carbocycles. The molecule has 172 valence electrons. The summed E-state index contributed by atoms with van der Waals surface area (Å²) in [6.45, 7) is 8.35. The summed E-state index contributed by atoms with van der Waals surface area (Å²) in [5.41, 5.74) is 4.13. The third-order valence-electron chi connectivity index (χ3n) is 6.77. The predicted octanol–water partition coefficient (Wildman–Crippen LogP) is 3.65. The molecule has 1 aromatic heterocycles. The van der Waals surface area contributed by atoms with Gasteiger partial charge in [-0.1, -0.05) is 12.1 Å². The standard InChI is InChI=1S/C25H33N3O4/c1-5-32-25(30)18-8-10-27(11-9-18)24(29)21-15-28-14-19(6-7-22(28)26-21)20-12-16(2)23(31-4)17(3)13-20/h12-13,15,18-19H,5-11,14H2,1-4H3/t19-/m0/s1. The molecule has 1 amide bonds. The second-order valence-electron chi connectivity index (χ2n) is 8.94. The van der Waals surface area contributed by atoms with Gasteiger partial charge in [-0.15, -0.1) is 0 Å². The molecule has 0 unspecified atom stereocenters. The molecule has 1 aromatic carbocycles. The monoisotopic (exact) mass is 439 g/mol. The van der Waals surface area contributed by atoms with Gasteiger partial charge in [0.1, 0.15) is 17.3 Å². The van der Waals surface area contributed by atoms with Crippen molar-refractivity contribution in [1.29, 1.82) is 0 Å². The summed E-state index contributed by atoms with van der Waals surface area (Å²) in [6.07, 6.45) is 5.07. The van der Waals surface area contributed by atoms with Crippen molar-refractivity contribution in [3.8, 4) is 5.75 Å². The number of amides is 1. The number of fused-ring (bicyclic) bond motifs is 1. The largest absolute Gasteiger partial charge is 0.496 e. The quantitative estimate of drug-likeness (QED) is 0.665. The molecule has 2 aromatic rings. The van der Waals surface area contributed by atoms with Gasteiger partial charge in [0.05, 0.1) is 19.6 Å². The number of nitrogens with zero attached hydrogens (tertiary/aromatic N) is 3. The van der Waals surface area contributed by atoms with Crippen LogP contribution in [0, 0.1) is 19.8 Å². The van der Waals surface area contributed by atoms with Crippen molar-refractivity contribution in [1.82, 2.24) is 14.5 Å². The van der Waals surface area contributed by atoms with E-state index in [1.165, 1.54) is 5.56 Å². The summed E-state index contributed by atoms with van der Waals surface area (Å²) in [4.78, 5) is 31.5. The average molecular weight is 440 g/mol. The van der Waals surface area contributed by atoms with Crippen LogP contribution in [0.25, 0.3) is 0 Å². The summed E-state index contributed by atoms with van der Waals surface area (Å²) in [6, 6.07) is 4.44. The maximum absolute atomic E-state index is 13.1. The van der Waals surface area contributed by atoms with Crippen LogP contribution in [-0.2, 0) is 22.5 Å². The van der Waals surface area contributed by atoms with Crippen LogP contribution in [0.2, 0.25) is 0 Å². The Labute approximate surface area is 189 Å². The molecule has 0 bridgehead atoms. The van der Waals surface area contributed by atoms with Crippen molar-refractivity contribution in [3.63, 3.8) is 0 Å². The Kier molecular flexibility index (Phi) is 6.53. The van der Waals surface area contributed by atoms with Crippen molar-refractivity contribution < 1.29 is 19.1 Å². The first-order chi connectivity index (χ1) is 15.4. The van der Waals surface area contributed by atoms with Crippen LogP contribution in [0.4, 0.5) is 0 Å². The Hall–Kier alpha value is -2.83. The second kappa shape index (κ2) is 9.35. The molecule has 0 spiro atoms. The number of rotatable bonds is 5. The first kappa shape index (κ1) is 22.4. The summed E-state index contributed by atoms with van der Waals surface area (Å²) in [7, 11) is 1.71. The summed E-state index contributed by atoms with van der Waals surface area (Å²) >= 11 is 0. The van der Waals surface area contributed by atoms with Crippen LogP contribution in [0.15, 0.2) is 18.3 Å². The van der Waals surface area contributed by atoms with Crippen molar-refractivity contribution in [2.45, 2.75) is 58.9 Å². The van der Waals surface area contributed by atoms with E-state index in [4.69, 9.17) is 9.47 Å². The van der Waals surface area contributed by atoms with E-state index in [1.807, 2.05) is 18.0 Å². The number of piperidine rings is 1. The zero-order valence-electron chi connectivity index (χ0n) is 19.5. The van der Waals surface area contributed by atoms with Gasteiger partial charge < -0.3 is 18.9 Å². The van der Waals surface area contributed by atoms with E-state index in [2.05, 4.69) is 35.5 Å². The fourth-order valence-corrected chi connectivity index (χ4v) is 5.10. The van der Waals surface area contributed by atoms with Gasteiger partial charge in [-0.3, -0.25) is 9.59 Å². The van der Waals surface area contributed by atoms with Gasteiger partial charge >= 0.3 is 5.97 Å². The third kappa shape index (κ3) is 4.38. The van der Waals surface area contributed by atoms with E-state index in [0.717, 1.165) is 42.1 Å². The smallest absolute Gasteiger partial charge is 0.309 e. The van der Waals surface area contributed by atoms with Gasteiger partial charge in [-0.05, 0) is 56.7 Å². The molecule has 2 aliphatic rings. The molecule has 0 N–H and O–H groups in total. The van der Waals surface area contributed by atoms with Gasteiger partial charge in [0, 0.05) is 38.2 Å². The minimum Gasteiger partial charge on any atom is -0.496 e. The SMILES string of the molecule is CCOC(=O)C1CCN(C(=O)c2cn3c(n2)CC[C@H](c2cc(C)c(OC)c(C)c2)C3)CC1. The molecular formula is C25H33N3O4. The zero-order valence-corrected chi connectivity index (χ0v) is 19.5. The normalized spacial score (nSPS) is 18.9. The van der Waals surface area contributed by atoms with E-state index >= 15 is 0 Å². The molecular weight excluding hydrogens is 406 g/mol. The fraction of sp³-hybridized carbons (Fsp3) is 0.560. The number of carbonyl (C=O) groups is 2. The lowest BCUT2D eigenvalue weighted by Crippen LogP contribution is -2.40. The zero-order chi connectivity index (χ0) is 22.8. The molecule has 3 heterocycles. The third-order valence-corrected chi connectivity index (χ3v) is 6.77. The Morgan fingerprint density at radius 2 is 1.81 bits per heavy atom. The number of benzene rings is 1. The number of carbonyl (C=O) groups excluding carboxylic acids is 2. The summed E-state index contributed by atoms with van der Waals surface area (Å²) in [5, 5.41) is 0. The number of aromatic nitrogens is 2. The lowest BCUT2D eigenvalue weighted by atomic mass is 9.89. The maximum atomic E-state index is 13.1. The van der Waals surface area contributed by atoms with Gasteiger partial charge in [0.2, 0.25) is 0 Å². The molecule has 0 radical (unpaired) electrons. The molecule has 1 atom stereocenters. The van der Waals surface area contributed by atoms with Gasteiger partial charge in [0.15, 0.2) is 0 Å². The number of likely N-dealkylation sites (tertiary alicyclic amines) is 1. The molecule has 7 nitrogen and oxygen atoms in total. The minimum atomic E-state index is -0.146. The average Bonchev–Trinajstić information content (AvgIpc) is 3.22. The van der Waals surface area contributed by atoms with Crippen molar-refractivity contribution in [3.05, 3.63) is 46.5 Å². The molecule has 1 fully saturated rings. The number of esters is 1. The van der Waals surface area contributed by atoms with Crippen LogP contribution in [-0.4, -0.2) is 53.1 Å². The topological polar surface area (TPSA) is 73.7 Å². The number of imidazole rings is 1. The van der Waals surface area contributed by atoms with Gasteiger partial charge in [-0.2, -0.15) is 0 Å². The van der Waals surface area contributed by atoms with E-state index in [-0.39, 0.29) is 17.8 Å². The summed E-state index contributed by atoms with van der Waals surface area (Å²) in [5.74, 6) is 2.03. The second-order valence-corrected chi connectivity index (χ2v) is 8.94. The van der Waals surface area contributed by atoms with E-state index < -0.39 is 0 Å². The number of ether oxygens (including phenoxy) is 2. The van der Waals surface area contributed by atoms with Gasteiger partial charge in [0.25, 0.3) is 5.91 Å². The highest BCUT2D eigenvalue weighted by molar-refractivity contribution is 5.92. The van der Waals surface area contributed by atoms with Crippen molar-refractivity contribution in [2.75, 3.05) is 26.8 Å². The first-order valence-electron chi connectivity index (χ1n) is 11.6. The van der Waals surface area contributed by atoms with E-state index in [9.17, 15) is 9.59 Å². The molecule has 4 rings (SSSR count).